The maximum absolute atomic E-state index is 13.9. The number of aliphatic carboxylic acids is 1. The molecule has 6 heteroatoms. The summed E-state index contributed by atoms with van der Waals surface area (Å²) < 4.78 is 24.8. The number of benzene rings is 2. The van der Waals surface area contributed by atoms with E-state index >= 15 is 0 Å². The second-order valence-corrected chi connectivity index (χ2v) is 6.71. The molecular weight excluding hydrogens is 349 g/mol. The second-order valence-electron chi connectivity index (χ2n) is 6.71. The molecule has 5 nitrogen and oxygen atoms in total. The van der Waals surface area contributed by atoms with Crippen molar-refractivity contribution in [1.29, 1.82) is 0 Å². The number of likely N-dealkylation sites (tertiary alicyclic amines) is 1. The number of nitrogens with zero attached hydrogens (tertiary/aromatic N) is 1. The maximum atomic E-state index is 13.9. The SMILES string of the molecule is COc1ccc(C(c2cccc(F)c2)N2CCC(C(=O)O)CC2)c(OC)c1. The molecule has 0 amide bonds. The first-order valence-corrected chi connectivity index (χ1v) is 8.97. The van der Waals surface area contributed by atoms with Crippen molar-refractivity contribution in [2.24, 2.45) is 5.92 Å². The van der Waals surface area contributed by atoms with Gasteiger partial charge in [-0.1, -0.05) is 12.1 Å². The molecule has 1 saturated heterocycles. The van der Waals surface area contributed by atoms with E-state index < -0.39 is 5.97 Å². The van der Waals surface area contributed by atoms with E-state index in [-0.39, 0.29) is 17.8 Å². The Balaban J connectivity index is 2.00. The third-order valence-electron chi connectivity index (χ3n) is 5.14. The summed E-state index contributed by atoms with van der Waals surface area (Å²) in [6.07, 6.45) is 1.14. The molecular formula is C21H24FNO4. The number of piperidine rings is 1. The van der Waals surface area contributed by atoms with Crippen molar-refractivity contribution in [3.8, 4) is 11.5 Å². The van der Waals surface area contributed by atoms with Gasteiger partial charge in [-0.2, -0.15) is 0 Å². The fourth-order valence-corrected chi connectivity index (χ4v) is 3.71. The summed E-state index contributed by atoms with van der Waals surface area (Å²) in [5.41, 5.74) is 1.71. The summed E-state index contributed by atoms with van der Waals surface area (Å²) >= 11 is 0. The highest BCUT2D eigenvalue weighted by Gasteiger charge is 2.31. The van der Waals surface area contributed by atoms with Gasteiger partial charge < -0.3 is 14.6 Å². The summed E-state index contributed by atoms with van der Waals surface area (Å²) in [5, 5.41) is 9.27. The minimum atomic E-state index is -0.751. The molecule has 2 aromatic carbocycles. The number of ether oxygens (including phenoxy) is 2. The molecule has 1 fully saturated rings. The molecule has 1 unspecified atom stereocenters. The minimum absolute atomic E-state index is 0.226. The molecule has 1 N–H and O–H groups in total. The molecule has 0 spiro atoms. The zero-order valence-corrected chi connectivity index (χ0v) is 15.5. The molecule has 0 aromatic heterocycles. The summed E-state index contributed by atoms with van der Waals surface area (Å²) in [6.45, 7) is 1.24. The molecule has 144 valence electrons. The molecule has 1 aliphatic rings. The highest BCUT2D eigenvalue weighted by molar-refractivity contribution is 5.70. The van der Waals surface area contributed by atoms with Crippen LogP contribution in [0.2, 0.25) is 0 Å². The van der Waals surface area contributed by atoms with Crippen LogP contribution in [-0.4, -0.2) is 43.3 Å². The third kappa shape index (κ3) is 4.22. The topological polar surface area (TPSA) is 59.0 Å². The Kier molecular flexibility index (Phi) is 5.96. The summed E-state index contributed by atoms with van der Waals surface area (Å²) in [4.78, 5) is 13.5. The highest BCUT2D eigenvalue weighted by atomic mass is 19.1. The van der Waals surface area contributed by atoms with E-state index in [2.05, 4.69) is 4.90 Å². The molecule has 1 atom stereocenters. The maximum Gasteiger partial charge on any atom is 0.306 e. The molecule has 0 radical (unpaired) electrons. The van der Waals surface area contributed by atoms with E-state index in [1.165, 1.54) is 12.1 Å². The number of carbonyl (C=O) groups is 1. The van der Waals surface area contributed by atoms with Crippen LogP contribution in [0.25, 0.3) is 0 Å². The molecule has 1 aliphatic heterocycles. The zero-order chi connectivity index (χ0) is 19.4. The molecule has 0 saturated carbocycles. The average Bonchev–Trinajstić information content (AvgIpc) is 2.69. The van der Waals surface area contributed by atoms with Gasteiger partial charge in [0.05, 0.1) is 26.2 Å². The van der Waals surface area contributed by atoms with Gasteiger partial charge in [0.15, 0.2) is 0 Å². The summed E-state index contributed by atoms with van der Waals surface area (Å²) in [5.74, 6) is -0.0429. The van der Waals surface area contributed by atoms with E-state index in [9.17, 15) is 14.3 Å². The van der Waals surface area contributed by atoms with Crippen LogP contribution in [0.4, 0.5) is 4.39 Å². The fourth-order valence-electron chi connectivity index (χ4n) is 3.71. The third-order valence-corrected chi connectivity index (χ3v) is 5.14. The van der Waals surface area contributed by atoms with Crippen molar-refractivity contribution in [3.63, 3.8) is 0 Å². The number of carboxylic acids is 1. The number of halogens is 1. The lowest BCUT2D eigenvalue weighted by Crippen LogP contribution is -2.39. The Morgan fingerprint density at radius 2 is 1.89 bits per heavy atom. The van der Waals surface area contributed by atoms with Crippen LogP contribution >= 0.6 is 0 Å². The summed E-state index contributed by atoms with van der Waals surface area (Å²) in [6, 6.07) is 11.9. The molecule has 1 heterocycles. The first-order chi connectivity index (χ1) is 13.0. The van der Waals surface area contributed by atoms with Gasteiger partial charge in [-0.15, -0.1) is 0 Å². The van der Waals surface area contributed by atoms with Gasteiger partial charge in [-0.3, -0.25) is 9.69 Å². The Hall–Kier alpha value is -2.60. The lowest BCUT2D eigenvalue weighted by molar-refractivity contribution is -0.143. The van der Waals surface area contributed by atoms with Crippen molar-refractivity contribution in [3.05, 3.63) is 59.4 Å². The van der Waals surface area contributed by atoms with Crippen molar-refractivity contribution in [2.45, 2.75) is 18.9 Å². The zero-order valence-electron chi connectivity index (χ0n) is 15.5. The normalized spacial score (nSPS) is 16.7. The Morgan fingerprint density at radius 3 is 2.48 bits per heavy atom. The lowest BCUT2D eigenvalue weighted by Gasteiger charge is -2.37. The second kappa shape index (κ2) is 8.39. The Bertz CT molecular complexity index is 803. The van der Waals surface area contributed by atoms with Crippen LogP contribution in [0, 0.1) is 11.7 Å². The van der Waals surface area contributed by atoms with Gasteiger partial charge in [0.2, 0.25) is 0 Å². The standard InChI is InChI=1S/C21H24FNO4/c1-26-17-6-7-18(19(13-17)27-2)20(15-4-3-5-16(22)12-15)23-10-8-14(9-11-23)21(24)25/h3-7,12-14,20H,8-11H2,1-2H3,(H,24,25). The highest BCUT2D eigenvalue weighted by Crippen LogP contribution is 2.38. The molecule has 3 rings (SSSR count). The molecule has 0 bridgehead atoms. The quantitative estimate of drug-likeness (QED) is 0.836. The minimum Gasteiger partial charge on any atom is -0.497 e. The van der Waals surface area contributed by atoms with Gasteiger partial charge in [0, 0.05) is 11.6 Å². The first-order valence-electron chi connectivity index (χ1n) is 8.97. The van der Waals surface area contributed by atoms with E-state index in [1.54, 1.807) is 20.3 Å². The van der Waals surface area contributed by atoms with Crippen LogP contribution in [0.1, 0.15) is 30.0 Å². The lowest BCUT2D eigenvalue weighted by atomic mass is 9.91. The Labute approximate surface area is 158 Å². The average molecular weight is 373 g/mol. The van der Waals surface area contributed by atoms with Gasteiger partial charge in [0.1, 0.15) is 17.3 Å². The van der Waals surface area contributed by atoms with E-state index in [0.717, 1.165) is 11.1 Å². The van der Waals surface area contributed by atoms with Gasteiger partial charge in [0.25, 0.3) is 0 Å². The first kappa shape index (κ1) is 19.2. The van der Waals surface area contributed by atoms with Crippen molar-refractivity contribution >= 4 is 5.97 Å². The number of carboxylic acid groups (broad SMARTS) is 1. The van der Waals surface area contributed by atoms with Crippen LogP contribution in [0.5, 0.6) is 11.5 Å². The molecule has 0 aliphatic carbocycles. The van der Waals surface area contributed by atoms with Crippen molar-refractivity contribution in [1.82, 2.24) is 4.90 Å². The largest absolute Gasteiger partial charge is 0.497 e. The number of hydrogen-bond acceptors (Lipinski definition) is 4. The predicted octanol–water partition coefficient (Wildman–Crippen LogP) is 3.73. The van der Waals surface area contributed by atoms with E-state index in [1.807, 2.05) is 24.3 Å². The predicted molar refractivity (Wildman–Crippen MR) is 99.7 cm³/mol. The molecule has 27 heavy (non-hydrogen) atoms. The number of hydrogen-bond donors (Lipinski definition) is 1. The smallest absolute Gasteiger partial charge is 0.306 e. The van der Waals surface area contributed by atoms with Crippen LogP contribution in [0.3, 0.4) is 0 Å². The van der Waals surface area contributed by atoms with E-state index in [4.69, 9.17) is 9.47 Å². The van der Waals surface area contributed by atoms with Gasteiger partial charge in [-0.25, -0.2) is 4.39 Å². The summed E-state index contributed by atoms with van der Waals surface area (Å²) in [7, 11) is 3.19. The van der Waals surface area contributed by atoms with Gasteiger partial charge in [-0.05, 0) is 55.8 Å². The number of methoxy groups -OCH3 is 2. The van der Waals surface area contributed by atoms with Gasteiger partial charge >= 0.3 is 5.97 Å². The molecule has 2 aromatic rings. The monoisotopic (exact) mass is 373 g/mol. The fraction of sp³-hybridized carbons (Fsp3) is 0.381. The van der Waals surface area contributed by atoms with Crippen LogP contribution in [-0.2, 0) is 4.79 Å². The number of rotatable bonds is 6. The van der Waals surface area contributed by atoms with Crippen molar-refractivity contribution < 1.29 is 23.8 Å². The van der Waals surface area contributed by atoms with E-state index in [0.29, 0.717) is 37.4 Å². The van der Waals surface area contributed by atoms with Crippen LogP contribution < -0.4 is 9.47 Å². The Morgan fingerprint density at radius 1 is 1.15 bits per heavy atom. The van der Waals surface area contributed by atoms with Crippen LogP contribution in [0.15, 0.2) is 42.5 Å². The van der Waals surface area contributed by atoms with Crippen molar-refractivity contribution in [2.75, 3.05) is 27.3 Å².